The van der Waals surface area contributed by atoms with Crippen molar-refractivity contribution in [1.82, 2.24) is 0 Å². The summed E-state index contributed by atoms with van der Waals surface area (Å²) in [5.41, 5.74) is 1.68. The molecule has 0 bridgehead atoms. The predicted molar refractivity (Wildman–Crippen MR) is 75.2 cm³/mol. The van der Waals surface area contributed by atoms with Crippen LogP contribution in [0.1, 0.15) is 15.9 Å². The summed E-state index contributed by atoms with van der Waals surface area (Å²) in [4.78, 5) is 12.1. The van der Waals surface area contributed by atoms with Gasteiger partial charge in [-0.15, -0.1) is 0 Å². The lowest BCUT2D eigenvalue weighted by atomic mass is 10.0. The molecule has 18 heavy (non-hydrogen) atoms. The quantitative estimate of drug-likeness (QED) is 0.801. The summed E-state index contributed by atoms with van der Waals surface area (Å²) >= 11 is 3.37. The number of hydrogen-bond donors (Lipinski definition) is 0. The van der Waals surface area contributed by atoms with Crippen LogP contribution in [0.3, 0.4) is 0 Å². The number of rotatable bonds is 4. The first kappa shape index (κ1) is 12.8. The van der Waals surface area contributed by atoms with E-state index < -0.39 is 0 Å². The first-order valence-corrected chi connectivity index (χ1v) is 6.40. The van der Waals surface area contributed by atoms with Gasteiger partial charge in [0.2, 0.25) is 0 Å². The third-order valence-corrected chi connectivity index (χ3v) is 3.20. The molecule has 0 aliphatic heterocycles. The van der Waals surface area contributed by atoms with Crippen molar-refractivity contribution in [1.29, 1.82) is 0 Å². The first-order chi connectivity index (χ1) is 8.69. The summed E-state index contributed by atoms with van der Waals surface area (Å²) in [6.07, 6.45) is 0.403. The van der Waals surface area contributed by atoms with Crippen molar-refractivity contribution in [3.05, 3.63) is 64.1 Å². The zero-order valence-electron chi connectivity index (χ0n) is 10.0. The number of hydrogen-bond acceptors (Lipinski definition) is 2. The largest absolute Gasteiger partial charge is 0.497 e. The van der Waals surface area contributed by atoms with Crippen LogP contribution in [0.25, 0.3) is 0 Å². The fraction of sp³-hybridized carbons (Fsp3) is 0.133. The van der Waals surface area contributed by atoms with Crippen molar-refractivity contribution in [2.24, 2.45) is 0 Å². The molecule has 0 heterocycles. The number of ketones is 1. The molecule has 2 aromatic carbocycles. The minimum absolute atomic E-state index is 0.0937. The van der Waals surface area contributed by atoms with Crippen LogP contribution < -0.4 is 4.74 Å². The van der Waals surface area contributed by atoms with Crippen LogP contribution in [0.4, 0.5) is 0 Å². The molecule has 0 aliphatic rings. The summed E-state index contributed by atoms with van der Waals surface area (Å²) in [7, 11) is 1.60. The molecule has 2 nitrogen and oxygen atoms in total. The van der Waals surface area contributed by atoms with Gasteiger partial charge >= 0.3 is 0 Å². The van der Waals surface area contributed by atoms with E-state index in [2.05, 4.69) is 15.9 Å². The van der Waals surface area contributed by atoms with Crippen molar-refractivity contribution in [3.8, 4) is 5.75 Å². The highest BCUT2D eigenvalue weighted by molar-refractivity contribution is 9.10. The van der Waals surface area contributed by atoms with Gasteiger partial charge in [-0.05, 0) is 29.8 Å². The Morgan fingerprint density at radius 3 is 2.56 bits per heavy atom. The molecule has 0 spiro atoms. The number of carbonyl (C=O) groups is 1. The Kier molecular flexibility index (Phi) is 4.15. The lowest BCUT2D eigenvalue weighted by Crippen LogP contribution is -2.03. The molecule has 92 valence electrons. The van der Waals surface area contributed by atoms with Crippen molar-refractivity contribution >= 4 is 21.7 Å². The molecule has 2 rings (SSSR count). The number of benzene rings is 2. The average molecular weight is 305 g/mol. The smallest absolute Gasteiger partial charge is 0.167 e. The van der Waals surface area contributed by atoms with Gasteiger partial charge in [-0.25, -0.2) is 0 Å². The van der Waals surface area contributed by atoms with Gasteiger partial charge in [0.15, 0.2) is 5.78 Å². The normalized spacial score (nSPS) is 10.1. The summed E-state index contributed by atoms with van der Waals surface area (Å²) < 4.78 is 6.13. The van der Waals surface area contributed by atoms with Gasteiger partial charge in [0.1, 0.15) is 5.75 Å². The van der Waals surface area contributed by atoms with Crippen LogP contribution in [0.5, 0.6) is 5.75 Å². The van der Waals surface area contributed by atoms with Gasteiger partial charge in [-0.3, -0.25) is 4.79 Å². The van der Waals surface area contributed by atoms with Gasteiger partial charge in [0.25, 0.3) is 0 Å². The molecule has 0 amide bonds. The molecule has 2 aromatic rings. The van der Waals surface area contributed by atoms with Crippen LogP contribution in [-0.2, 0) is 6.42 Å². The van der Waals surface area contributed by atoms with Gasteiger partial charge in [0.05, 0.1) is 7.11 Å². The van der Waals surface area contributed by atoms with Crippen LogP contribution in [0.2, 0.25) is 0 Å². The zero-order valence-corrected chi connectivity index (χ0v) is 11.6. The second-order valence-electron chi connectivity index (χ2n) is 3.96. The van der Waals surface area contributed by atoms with Crippen LogP contribution in [-0.4, -0.2) is 12.9 Å². The van der Waals surface area contributed by atoms with E-state index in [1.54, 1.807) is 13.2 Å². The molecule has 0 atom stereocenters. The average Bonchev–Trinajstić information content (AvgIpc) is 2.41. The molecular formula is C15H13BrO2. The Morgan fingerprint density at radius 2 is 1.89 bits per heavy atom. The molecule has 3 heteroatoms. The lowest BCUT2D eigenvalue weighted by Gasteiger charge is -2.04. The topological polar surface area (TPSA) is 26.3 Å². The van der Waals surface area contributed by atoms with Crippen molar-refractivity contribution < 1.29 is 9.53 Å². The van der Waals surface area contributed by atoms with E-state index in [9.17, 15) is 4.79 Å². The number of Topliss-reactive ketones (excluding diaryl/α,β-unsaturated/α-hetero) is 1. The van der Waals surface area contributed by atoms with Crippen molar-refractivity contribution in [2.45, 2.75) is 6.42 Å². The zero-order chi connectivity index (χ0) is 13.0. The van der Waals surface area contributed by atoms with Gasteiger partial charge < -0.3 is 4.74 Å². The third kappa shape index (κ3) is 3.20. The lowest BCUT2D eigenvalue weighted by molar-refractivity contribution is 0.0992. The number of methoxy groups -OCH3 is 1. The molecule has 0 unspecified atom stereocenters. The standard InChI is InChI=1S/C15H13BrO2/c1-18-14-4-2-3-12(10-14)15(17)9-11-5-7-13(16)8-6-11/h2-8,10H,9H2,1H3. The molecule has 0 radical (unpaired) electrons. The molecule has 0 saturated carbocycles. The van der Waals surface area contributed by atoms with E-state index in [4.69, 9.17) is 4.74 Å². The van der Waals surface area contributed by atoms with Gasteiger partial charge in [0, 0.05) is 16.5 Å². The van der Waals surface area contributed by atoms with E-state index in [1.165, 1.54) is 0 Å². The first-order valence-electron chi connectivity index (χ1n) is 5.61. The summed E-state index contributed by atoms with van der Waals surface area (Å²) in [5, 5.41) is 0. The Balaban J connectivity index is 2.14. The number of halogens is 1. The summed E-state index contributed by atoms with van der Waals surface area (Å²) in [5.74, 6) is 0.799. The highest BCUT2D eigenvalue weighted by atomic mass is 79.9. The highest BCUT2D eigenvalue weighted by Crippen LogP contribution is 2.16. The highest BCUT2D eigenvalue weighted by Gasteiger charge is 2.07. The molecule has 0 fully saturated rings. The summed E-state index contributed by atoms with van der Waals surface area (Å²) in [6, 6.07) is 15.0. The maximum Gasteiger partial charge on any atom is 0.167 e. The molecular weight excluding hydrogens is 292 g/mol. The Morgan fingerprint density at radius 1 is 1.17 bits per heavy atom. The van der Waals surface area contributed by atoms with E-state index in [0.717, 1.165) is 10.0 Å². The monoisotopic (exact) mass is 304 g/mol. The molecule has 0 N–H and O–H groups in total. The van der Waals surface area contributed by atoms with Crippen molar-refractivity contribution in [3.63, 3.8) is 0 Å². The van der Waals surface area contributed by atoms with E-state index in [0.29, 0.717) is 17.7 Å². The third-order valence-electron chi connectivity index (χ3n) is 2.67. The fourth-order valence-electron chi connectivity index (χ4n) is 1.69. The second kappa shape index (κ2) is 5.83. The predicted octanol–water partition coefficient (Wildman–Crippen LogP) is 3.88. The number of carbonyl (C=O) groups excluding carboxylic acids is 1. The Bertz CT molecular complexity index is 547. The van der Waals surface area contributed by atoms with Gasteiger partial charge in [-0.1, -0.05) is 40.2 Å². The Labute approximate surface area is 115 Å². The molecule has 0 aromatic heterocycles. The van der Waals surface area contributed by atoms with Crippen LogP contribution >= 0.6 is 15.9 Å². The minimum atomic E-state index is 0.0937. The second-order valence-corrected chi connectivity index (χ2v) is 4.87. The maximum atomic E-state index is 12.1. The van der Waals surface area contributed by atoms with E-state index in [1.807, 2.05) is 42.5 Å². The maximum absolute atomic E-state index is 12.1. The van der Waals surface area contributed by atoms with Crippen LogP contribution in [0.15, 0.2) is 53.0 Å². The summed E-state index contributed by atoms with van der Waals surface area (Å²) in [6.45, 7) is 0. The molecule has 0 aliphatic carbocycles. The molecule has 0 saturated heterocycles. The van der Waals surface area contributed by atoms with Crippen LogP contribution in [0, 0.1) is 0 Å². The minimum Gasteiger partial charge on any atom is -0.497 e. The van der Waals surface area contributed by atoms with E-state index in [-0.39, 0.29) is 5.78 Å². The van der Waals surface area contributed by atoms with Crippen molar-refractivity contribution in [2.75, 3.05) is 7.11 Å². The Hall–Kier alpha value is -1.61. The number of ether oxygens (including phenoxy) is 1. The fourth-order valence-corrected chi connectivity index (χ4v) is 1.95. The SMILES string of the molecule is COc1cccc(C(=O)Cc2ccc(Br)cc2)c1. The van der Waals surface area contributed by atoms with E-state index >= 15 is 0 Å². The van der Waals surface area contributed by atoms with Gasteiger partial charge in [-0.2, -0.15) is 0 Å².